The van der Waals surface area contributed by atoms with Crippen LogP contribution in [0.1, 0.15) is 24.8 Å². The molecule has 6 nitrogen and oxygen atoms in total. The number of aromatic nitrogens is 1. The van der Waals surface area contributed by atoms with Crippen LogP contribution in [0.5, 0.6) is 5.75 Å². The van der Waals surface area contributed by atoms with Gasteiger partial charge in [0.2, 0.25) is 5.91 Å². The first-order valence-corrected chi connectivity index (χ1v) is 11.1. The van der Waals surface area contributed by atoms with Crippen LogP contribution in [-0.2, 0) is 11.2 Å². The van der Waals surface area contributed by atoms with Crippen LogP contribution in [0, 0.1) is 0 Å². The normalized spacial score (nSPS) is 14.6. The second-order valence-electron chi connectivity index (χ2n) is 8.08. The number of phenols is 1. The number of pyridine rings is 1. The molecule has 1 amide bonds. The zero-order valence-electron chi connectivity index (χ0n) is 17.8. The van der Waals surface area contributed by atoms with Crippen molar-refractivity contribution in [3.8, 4) is 5.75 Å². The van der Waals surface area contributed by atoms with Gasteiger partial charge in [0.15, 0.2) is 0 Å². The van der Waals surface area contributed by atoms with E-state index >= 15 is 0 Å². The molecule has 0 aliphatic carbocycles. The first-order valence-electron chi connectivity index (χ1n) is 11.1. The molecule has 3 aromatic rings. The Hall–Kier alpha value is -3.12. The molecule has 1 aromatic heterocycles. The number of aromatic hydroxyl groups is 1. The number of amides is 1. The summed E-state index contributed by atoms with van der Waals surface area (Å²) < 4.78 is 0. The average Bonchev–Trinajstić information content (AvgIpc) is 2.80. The summed E-state index contributed by atoms with van der Waals surface area (Å²) in [6, 6.07) is 18.0. The molecule has 162 valence electrons. The highest BCUT2D eigenvalue weighted by Crippen LogP contribution is 2.23. The van der Waals surface area contributed by atoms with E-state index in [0.29, 0.717) is 25.6 Å². The van der Waals surface area contributed by atoms with Crippen LogP contribution in [0.2, 0.25) is 0 Å². The smallest absolute Gasteiger partial charge is 0.221 e. The molecule has 1 aliphatic heterocycles. The number of phenolic OH excluding ortho intramolecular Hbond substituents is 1. The topological polar surface area (TPSA) is 77.5 Å². The fourth-order valence-corrected chi connectivity index (χ4v) is 4.21. The molecule has 6 heteroatoms. The first kappa shape index (κ1) is 21.1. The zero-order chi connectivity index (χ0) is 21.5. The molecule has 2 aromatic carbocycles. The maximum Gasteiger partial charge on any atom is 0.221 e. The number of fused-ring (bicyclic) bond motifs is 1. The third kappa shape index (κ3) is 5.73. The largest absolute Gasteiger partial charge is 0.508 e. The number of benzene rings is 2. The van der Waals surface area contributed by atoms with Gasteiger partial charge in [-0.3, -0.25) is 4.79 Å². The van der Waals surface area contributed by atoms with Gasteiger partial charge in [0.1, 0.15) is 11.6 Å². The van der Waals surface area contributed by atoms with E-state index in [2.05, 4.69) is 26.6 Å². The van der Waals surface area contributed by atoms with Gasteiger partial charge in [0, 0.05) is 44.8 Å². The van der Waals surface area contributed by atoms with E-state index in [-0.39, 0.29) is 11.7 Å². The van der Waals surface area contributed by atoms with Crippen molar-refractivity contribution in [2.24, 2.45) is 0 Å². The van der Waals surface area contributed by atoms with Gasteiger partial charge in [-0.1, -0.05) is 30.3 Å². The molecule has 0 unspecified atom stereocenters. The van der Waals surface area contributed by atoms with Crippen molar-refractivity contribution < 1.29 is 9.90 Å². The Bertz CT molecular complexity index is 1000. The lowest BCUT2D eigenvalue weighted by atomic mass is 10.0. The molecule has 1 aliphatic rings. The maximum absolute atomic E-state index is 12.2. The van der Waals surface area contributed by atoms with E-state index < -0.39 is 0 Å². The number of piperidine rings is 1. The van der Waals surface area contributed by atoms with Crippen molar-refractivity contribution in [3.63, 3.8) is 0 Å². The van der Waals surface area contributed by atoms with Gasteiger partial charge < -0.3 is 20.6 Å². The molecular formula is C25H30N4O2. The lowest BCUT2D eigenvalue weighted by molar-refractivity contribution is -0.120. The van der Waals surface area contributed by atoms with Crippen molar-refractivity contribution in [1.29, 1.82) is 0 Å². The third-order valence-corrected chi connectivity index (χ3v) is 5.93. The van der Waals surface area contributed by atoms with Crippen LogP contribution in [-0.4, -0.2) is 48.2 Å². The summed E-state index contributed by atoms with van der Waals surface area (Å²) in [6.07, 6.45) is 5.18. The van der Waals surface area contributed by atoms with E-state index in [4.69, 9.17) is 0 Å². The Morgan fingerprint density at radius 2 is 1.94 bits per heavy atom. The molecule has 0 radical (unpaired) electrons. The molecule has 0 bridgehead atoms. The van der Waals surface area contributed by atoms with Gasteiger partial charge in [-0.2, -0.15) is 0 Å². The minimum absolute atomic E-state index is 0.0708. The van der Waals surface area contributed by atoms with E-state index in [1.807, 2.05) is 42.6 Å². The highest BCUT2D eigenvalue weighted by atomic mass is 16.3. The van der Waals surface area contributed by atoms with E-state index in [0.717, 1.165) is 54.5 Å². The van der Waals surface area contributed by atoms with E-state index in [1.54, 1.807) is 12.1 Å². The highest BCUT2D eigenvalue weighted by molar-refractivity contribution is 5.87. The number of hydrogen-bond acceptors (Lipinski definition) is 5. The molecule has 0 spiro atoms. The van der Waals surface area contributed by atoms with Crippen LogP contribution < -0.4 is 15.5 Å². The SMILES string of the molecule is O=C(CCNC1CCN(c2ccccn2)CC1)NCCc1cccc2ccc(O)cc12. The molecule has 1 saturated heterocycles. The summed E-state index contributed by atoms with van der Waals surface area (Å²) >= 11 is 0. The number of rotatable bonds is 8. The third-order valence-electron chi connectivity index (χ3n) is 5.93. The van der Waals surface area contributed by atoms with Crippen LogP contribution in [0.4, 0.5) is 5.82 Å². The lowest BCUT2D eigenvalue weighted by Crippen LogP contribution is -2.43. The van der Waals surface area contributed by atoms with Crippen LogP contribution in [0.3, 0.4) is 0 Å². The van der Waals surface area contributed by atoms with E-state index in [1.165, 1.54) is 0 Å². The monoisotopic (exact) mass is 418 g/mol. The predicted octanol–water partition coefficient (Wildman–Crippen LogP) is 3.25. The van der Waals surface area contributed by atoms with Crippen molar-refractivity contribution >= 4 is 22.5 Å². The maximum atomic E-state index is 12.2. The van der Waals surface area contributed by atoms with Crippen LogP contribution >= 0.6 is 0 Å². The average molecular weight is 419 g/mol. The van der Waals surface area contributed by atoms with Gasteiger partial charge in [0.05, 0.1) is 0 Å². The lowest BCUT2D eigenvalue weighted by Gasteiger charge is -2.33. The van der Waals surface area contributed by atoms with Crippen LogP contribution in [0.25, 0.3) is 10.8 Å². The standard InChI is InChI=1S/C25H30N4O2/c30-22-8-7-19-4-3-5-20(23(19)18-22)9-14-28-25(31)10-15-26-21-11-16-29(17-12-21)24-6-1-2-13-27-24/h1-8,13,18,21,26,30H,9-12,14-17H2,(H,28,31). The molecule has 2 heterocycles. The molecule has 0 atom stereocenters. The molecular weight excluding hydrogens is 388 g/mol. The fraction of sp³-hybridized carbons (Fsp3) is 0.360. The summed E-state index contributed by atoms with van der Waals surface area (Å²) in [5.41, 5.74) is 1.13. The summed E-state index contributed by atoms with van der Waals surface area (Å²) in [5, 5.41) is 18.4. The second kappa shape index (κ2) is 10.3. The summed E-state index contributed by atoms with van der Waals surface area (Å²) in [6.45, 7) is 3.27. The summed E-state index contributed by atoms with van der Waals surface area (Å²) in [4.78, 5) is 19.0. The first-order chi connectivity index (χ1) is 15.2. The zero-order valence-corrected chi connectivity index (χ0v) is 17.8. The number of anilines is 1. The van der Waals surface area contributed by atoms with Gasteiger partial charge in [-0.05, 0) is 59.9 Å². The Balaban J connectivity index is 1.15. The minimum Gasteiger partial charge on any atom is -0.508 e. The van der Waals surface area contributed by atoms with Gasteiger partial charge in [0.25, 0.3) is 0 Å². The van der Waals surface area contributed by atoms with Crippen molar-refractivity contribution in [2.75, 3.05) is 31.1 Å². The van der Waals surface area contributed by atoms with E-state index in [9.17, 15) is 9.90 Å². The Labute approximate surface area is 183 Å². The number of nitrogens with zero attached hydrogens (tertiary/aromatic N) is 2. The number of nitrogens with one attached hydrogen (secondary N) is 2. The fourth-order valence-electron chi connectivity index (χ4n) is 4.21. The molecule has 31 heavy (non-hydrogen) atoms. The van der Waals surface area contributed by atoms with Crippen LogP contribution in [0.15, 0.2) is 60.8 Å². The molecule has 4 rings (SSSR count). The molecule has 1 fully saturated rings. The van der Waals surface area contributed by atoms with Gasteiger partial charge in [-0.25, -0.2) is 4.98 Å². The predicted molar refractivity (Wildman–Crippen MR) is 124 cm³/mol. The van der Waals surface area contributed by atoms with Crippen molar-refractivity contribution in [3.05, 3.63) is 66.4 Å². The van der Waals surface area contributed by atoms with Crippen molar-refractivity contribution in [2.45, 2.75) is 31.7 Å². The number of hydrogen-bond donors (Lipinski definition) is 3. The summed E-state index contributed by atoms with van der Waals surface area (Å²) in [7, 11) is 0. The molecule has 3 N–H and O–H groups in total. The Kier molecular flexibility index (Phi) is 6.99. The Morgan fingerprint density at radius 3 is 2.74 bits per heavy atom. The minimum atomic E-state index is 0.0708. The highest BCUT2D eigenvalue weighted by Gasteiger charge is 2.19. The van der Waals surface area contributed by atoms with Crippen molar-refractivity contribution in [1.82, 2.24) is 15.6 Å². The van der Waals surface area contributed by atoms with Gasteiger partial charge in [-0.15, -0.1) is 0 Å². The second-order valence-corrected chi connectivity index (χ2v) is 8.08. The number of carbonyl (C=O) groups excluding carboxylic acids is 1. The van der Waals surface area contributed by atoms with Gasteiger partial charge >= 0.3 is 0 Å². The molecule has 0 saturated carbocycles. The Morgan fingerprint density at radius 1 is 1.06 bits per heavy atom. The quantitative estimate of drug-likeness (QED) is 0.524. The summed E-state index contributed by atoms with van der Waals surface area (Å²) in [5.74, 6) is 1.38. The number of carbonyl (C=O) groups is 1.